The van der Waals surface area contributed by atoms with E-state index in [-0.39, 0.29) is 24.3 Å². The molecule has 0 aromatic heterocycles. The maximum Gasteiger partial charge on any atom is 0.315 e. The predicted molar refractivity (Wildman–Crippen MR) is 75.1 cm³/mol. The summed E-state index contributed by atoms with van der Waals surface area (Å²) in [6.45, 7) is 8.18. The first-order valence-corrected chi connectivity index (χ1v) is 7.30. The molecule has 0 aromatic carbocycles. The highest BCUT2D eigenvalue weighted by molar-refractivity contribution is 5.74. The average Bonchev–Trinajstić information content (AvgIpc) is 2.35. The number of hydrogen-bond donors (Lipinski definition) is 3. The van der Waals surface area contributed by atoms with Gasteiger partial charge in [-0.25, -0.2) is 4.79 Å². The van der Waals surface area contributed by atoms with E-state index in [1.165, 1.54) is 0 Å². The lowest BCUT2D eigenvalue weighted by Crippen LogP contribution is -2.51. The van der Waals surface area contributed by atoms with Crippen molar-refractivity contribution in [1.29, 1.82) is 0 Å². The SMILES string of the molecule is CCC(O)(CC)CNC(=O)NC1CC(C)OC(C)C1. The Hall–Kier alpha value is -0.810. The Labute approximate surface area is 116 Å². The predicted octanol–water partition coefficient (Wildman–Crippen LogP) is 1.79. The van der Waals surface area contributed by atoms with Crippen LogP contribution in [0, 0.1) is 0 Å². The Balaban J connectivity index is 2.35. The second kappa shape index (κ2) is 7.10. The van der Waals surface area contributed by atoms with Gasteiger partial charge in [0.2, 0.25) is 0 Å². The number of aliphatic hydroxyl groups is 1. The molecule has 2 amide bonds. The smallest absolute Gasteiger partial charge is 0.315 e. The summed E-state index contributed by atoms with van der Waals surface area (Å²) in [6, 6.07) is -0.0540. The third kappa shape index (κ3) is 5.37. The fourth-order valence-corrected chi connectivity index (χ4v) is 2.50. The number of ether oxygens (including phenoxy) is 1. The van der Waals surface area contributed by atoms with Crippen molar-refractivity contribution in [1.82, 2.24) is 10.6 Å². The second-order valence-corrected chi connectivity index (χ2v) is 5.68. The van der Waals surface area contributed by atoms with Crippen LogP contribution in [-0.2, 0) is 4.74 Å². The fraction of sp³-hybridized carbons (Fsp3) is 0.929. The monoisotopic (exact) mass is 272 g/mol. The molecule has 1 rings (SSSR count). The highest BCUT2D eigenvalue weighted by Gasteiger charge is 2.27. The largest absolute Gasteiger partial charge is 0.388 e. The summed E-state index contributed by atoms with van der Waals surface area (Å²) >= 11 is 0. The number of carbonyl (C=O) groups is 1. The lowest BCUT2D eigenvalue weighted by molar-refractivity contribution is -0.0403. The molecular weight excluding hydrogens is 244 g/mol. The molecule has 3 N–H and O–H groups in total. The molecule has 19 heavy (non-hydrogen) atoms. The van der Waals surface area contributed by atoms with Gasteiger partial charge in [0.15, 0.2) is 0 Å². The first kappa shape index (κ1) is 16.2. The van der Waals surface area contributed by atoms with Crippen LogP contribution in [-0.4, -0.2) is 41.5 Å². The van der Waals surface area contributed by atoms with Gasteiger partial charge in [-0.2, -0.15) is 0 Å². The zero-order valence-electron chi connectivity index (χ0n) is 12.5. The van der Waals surface area contributed by atoms with E-state index < -0.39 is 5.60 Å². The van der Waals surface area contributed by atoms with Crippen molar-refractivity contribution in [2.45, 2.75) is 77.2 Å². The van der Waals surface area contributed by atoms with Crippen molar-refractivity contribution in [3.8, 4) is 0 Å². The van der Waals surface area contributed by atoms with Crippen LogP contribution in [0.3, 0.4) is 0 Å². The van der Waals surface area contributed by atoms with Crippen LogP contribution in [0.15, 0.2) is 0 Å². The third-order valence-corrected chi connectivity index (χ3v) is 3.93. The van der Waals surface area contributed by atoms with Crippen LogP contribution in [0.1, 0.15) is 53.4 Å². The number of carbonyl (C=O) groups excluding carboxylic acids is 1. The first-order chi connectivity index (χ1) is 8.88. The van der Waals surface area contributed by atoms with E-state index in [4.69, 9.17) is 4.74 Å². The summed E-state index contributed by atoms with van der Waals surface area (Å²) in [5, 5.41) is 15.8. The topological polar surface area (TPSA) is 70.6 Å². The maximum absolute atomic E-state index is 11.8. The van der Waals surface area contributed by atoms with Gasteiger partial charge in [-0.05, 0) is 39.5 Å². The van der Waals surface area contributed by atoms with E-state index in [9.17, 15) is 9.90 Å². The molecule has 0 bridgehead atoms. The zero-order valence-corrected chi connectivity index (χ0v) is 12.5. The van der Waals surface area contributed by atoms with Gasteiger partial charge < -0.3 is 20.5 Å². The first-order valence-electron chi connectivity index (χ1n) is 7.30. The molecule has 0 radical (unpaired) electrons. The van der Waals surface area contributed by atoms with Crippen molar-refractivity contribution in [2.24, 2.45) is 0 Å². The summed E-state index contributed by atoms with van der Waals surface area (Å²) in [5.41, 5.74) is -0.798. The van der Waals surface area contributed by atoms with Crippen LogP contribution in [0.25, 0.3) is 0 Å². The maximum atomic E-state index is 11.8. The standard InChI is InChI=1S/C14H28N2O3/c1-5-14(18,6-2)9-15-13(17)16-12-7-10(3)19-11(4)8-12/h10-12,18H,5-9H2,1-4H3,(H2,15,16,17). The average molecular weight is 272 g/mol. The number of nitrogens with one attached hydrogen (secondary N) is 2. The van der Waals surface area contributed by atoms with E-state index in [2.05, 4.69) is 10.6 Å². The van der Waals surface area contributed by atoms with Crippen LogP contribution < -0.4 is 10.6 Å². The highest BCUT2D eigenvalue weighted by Crippen LogP contribution is 2.19. The van der Waals surface area contributed by atoms with E-state index in [0.717, 1.165) is 12.8 Å². The van der Waals surface area contributed by atoms with Gasteiger partial charge in [-0.3, -0.25) is 0 Å². The van der Waals surface area contributed by atoms with Gasteiger partial charge in [-0.15, -0.1) is 0 Å². The number of amides is 2. The Morgan fingerprint density at radius 1 is 1.26 bits per heavy atom. The number of urea groups is 1. The number of hydrogen-bond acceptors (Lipinski definition) is 3. The summed E-state index contributed by atoms with van der Waals surface area (Å²) in [5.74, 6) is 0. The lowest BCUT2D eigenvalue weighted by atomic mass is 9.97. The number of rotatable bonds is 5. The van der Waals surface area contributed by atoms with E-state index in [1.807, 2.05) is 27.7 Å². The molecule has 0 aromatic rings. The van der Waals surface area contributed by atoms with Crippen molar-refractivity contribution in [3.05, 3.63) is 0 Å². The minimum atomic E-state index is -0.798. The summed E-state index contributed by atoms with van der Waals surface area (Å²) < 4.78 is 5.64. The molecule has 2 atom stereocenters. The molecule has 5 heteroatoms. The molecule has 5 nitrogen and oxygen atoms in total. The van der Waals surface area contributed by atoms with E-state index >= 15 is 0 Å². The van der Waals surface area contributed by atoms with Crippen molar-refractivity contribution >= 4 is 6.03 Å². The van der Waals surface area contributed by atoms with Gasteiger partial charge in [0.05, 0.1) is 17.8 Å². The van der Waals surface area contributed by atoms with Crippen molar-refractivity contribution in [3.63, 3.8) is 0 Å². The highest BCUT2D eigenvalue weighted by atomic mass is 16.5. The van der Waals surface area contributed by atoms with Gasteiger partial charge >= 0.3 is 6.03 Å². The normalized spacial score (nSPS) is 27.9. The Kier molecular flexibility index (Phi) is 6.07. The van der Waals surface area contributed by atoms with Crippen LogP contribution in [0.4, 0.5) is 4.79 Å². The van der Waals surface area contributed by atoms with Crippen molar-refractivity contribution in [2.75, 3.05) is 6.54 Å². The van der Waals surface area contributed by atoms with Gasteiger partial charge in [0.1, 0.15) is 0 Å². The van der Waals surface area contributed by atoms with E-state index in [1.54, 1.807) is 0 Å². The van der Waals surface area contributed by atoms with Crippen LogP contribution >= 0.6 is 0 Å². The molecule has 0 saturated carbocycles. The van der Waals surface area contributed by atoms with Crippen LogP contribution in [0.2, 0.25) is 0 Å². The zero-order chi connectivity index (χ0) is 14.5. The molecule has 1 aliphatic heterocycles. The molecule has 1 saturated heterocycles. The quantitative estimate of drug-likeness (QED) is 0.714. The third-order valence-electron chi connectivity index (χ3n) is 3.93. The van der Waals surface area contributed by atoms with Gasteiger partial charge in [-0.1, -0.05) is 13.8 Å². The van der Waals surface area contributed by atoms with Crippen molar-refractivity contribution < 1.29 is 14.6 Å². The molecule has 0 spiro atoms. The fourth-order valence-electron chi connectivity index (χ4n) is 2.50. The van der Waals surface area contributed by atoms with E-state index in [0.29, 0.717) is 19.4 Å². The Bertz CT molecular complexity index is 282. The second-order valence-electron chi connectivity index (χ2n) is 5.68. The molecule has 2 unspecified atom stereocenters. The molecule has 1 fully saturated rings. The van der Waals surface area contributed by atoms with Crippen LogP contribution in [0.5, 0.6) is 0 Å². The molecule has 1 aliphatic rings. The molecule has 112 valence electrons. The minimum absolute atomic E-state index is 0.148. The summed E-state index contributed by atoms with van der Waals surface area (Å²) in [7, 11) is 0. The Morgan fingerprint density at radius 3 is 2.26 bits per heavy atom. The van der Waals surface area contributed by atoms with Gasteiger partial charge in [0, 0.05) is 12.6 Å². The molecular formula is C14H28N2O3. The lowest BCUT2D eigenvalue weighted by Gasteiger charge is -2.33. The Morgan fingerprint density at radius 2 is 1.79 bits per heavy atom. The molecule has 0 aliphatic carbocycles. The minimum Gasteiger partial charge on any atom is -0.388 e. The summed E-state index contributed by atoms with van der Waals surface area (Å²) in [6.07, 6.45) is 3.30. The summed E-state index contributed by atoms with van der Waals surface area (Å²) in [4.78, 5) is 11.8. The van der Waals surface area contributed by atoms with Gasteiger partial charge in [0.25, 0.3) is 0 Å². The molecule has 1 heterocycles.